The van der Waals surface area contributed by atoms with Gasteiger partial charge in [0.2, 0.25) is 11.0 Å². The molecule has 5 aromatic rings. The van der Waals surface area contributed by atoms with Gasteiger partial charge in [-0.25, -0.2) is 14.6 Å². The smallest absolute Gasteiger partial charge is 0.330 e. The van der Waals surface area contributed by atoms with Crippen molar-refractivity contribution >= 4 is 62.7 Å². The fourth-order valence-electron chi connectivity index (χ4n) is 9.68. The van der Waals surface area contributed by atoms with Gasteiger partial charge in [0, 0.05) is 30.6 Å². The quantitative estimate of drug-likeness (QED) is 0.00936. The number of benzene rings is 4. The van der Waals surface area contributed by atoms with Crippen LogP contribution in [0.25, 0.3) is 10.2 Å². The molecule has 2 aliphatic rings. The molecule has 1 heterocycles. The van der Waals surface area contributed by atoms with Crippen LogP contribution in [0.5, 0.6) is 34.5 Å². The van der Waals surface area contributed by atoms with Gasteiger partial charge in [-0.05, 0) is 200 Å². The highest BCUT2D eigenvalue weighted by Gasteiger charge is 2.30. The third-order valence-electron chi connectivity index (χ3n) is 14.5. The molecular weight excluding hydrogens is 1080 g/mol. The molecule has 2 aliphatic carbocycles. The van der Waals surface area contributed by atoms with E-state index in [-0.39, 0.29) is 54.4 Å². The number of hydrogen-bond acceptors (Lipinski definition) is 17. The van der Waals surface area contributed by atoms with Crippen molar-refractivity contribution in [2.75, 3.05) is 44.7 Å². The van der Waals surface area contributed by atoms with Crippen LogP contribution < -0.4 is 33.4 Å². The number of esters is 4. The van der Waals surface area contributed by atoms with Crippen molar-refractivity contribution in [1.82, 2.24) is 4.98 Å². The van der Waals surface area contributed by atoms with Crippen LogP contribution in [0.15, 0.2) is 121 Å². The van der Waals surface area contributed by atoms with E-state index in [1.807, 2.05) is 42.5 Å². The zero-order valence-corrected chi connectivity index (χ0v) is 48.1. The lowest BCUT2D eigenvalue weighted by Gasteiger charge is -2.28. The molecule has 0 spiro atoms. The maximum Gasteiger partial charge on any atom is 0.330 e. The van der Waals surface area contributed by atoms with Crippen LogP contribution in [0.3, 0.4) is 0 Å². The Balaban J connectivity index is 0.893. The number of unbranched alkanes of at least 4 members (excludes halogenated alkanes) is 7. The van der Waals surface area contributed by atoms with Crippen LogP contribution >= 0.6 is 11.3 Å². The van der Waals surface area contributed by atoms with Crippen LogP contribution in [0, 0.1) is 35.0 Å². The summed E-state index contributed by atoms with van der Waals surface area (Å²) in [6.45, 7) is 9.50. The third kappa shape index (κ3) is 21.3. The van der Waals surface area contributed by atoms with Gasteiger partial charge in [-0.3, -0.25) is 14.4 Å². The topological polar surface area (TPSA) is 211 Å². The lowest BCUT2D eigenvalue weighted by Crippen LogP contribution is -2.28. The van der Waals surface area contributed by atoms with Crippen molar-refractivity contribution in [3.05, 3.63) is 122 Å². The van der Waals surface area contributed by atoms with E-state index in [2.05, 4.69) is 19.2 Å². The SMILES string of the molecule is C=CC(=O)OCCCCCCOc1ccc(OC(=O)C2CCC(COc3ccc(OCC4CCC(C(=O)Oc5ccc(OCCCCCCOC(=O)C=C)cc5)CC4)c(/C=N/N(C(=O)CCCC#N)c4nc5ccccc5s4)c3)CC2)cc1. The Morgan fingerprint density at radius 1 is 0.590 bits per heavy atom. The molecule has 1 amide bonds. The number of amides is 1. The second-order valence-corrected chi connectivity index (χ2v) is 21.7. The molecule has 18 heteroatoms. The predicted octanol–water partition coefficient (Wildman–Crippen LogP) is 13.3. The fourth-order valence-corrected chi connectivity index (χ4v) is 10.6. The van der Waals surface area contributed by atoms with E-state index in [1.54, 1.807) is 54.7 Å². The first-order valence-electron chi connectivity index (χ1n) is 29.0. The molecule has 0 atom stereocenters. The molecule has 0 radical (unpaired) electrons. The Kier molecular flexibility index (Phi) is 25.9. The average molecular weight is 1150 g/mol. The highest BCUT2D eigenvalue weighted by atomic mass is 32.1. The summed E-state index contributed by atoms with van der Waals surface area (Å²) < 4.78 is 47.2. The number of aromatic nitrogens is 1. The van der Waals surface area contributed by atoms with Crippen LogP contribution in [-0.2, 0) is 33.4 Å². The van der Waals surface area contributed by atoms with Crippen LogP contribution in [-0.4, -0.2) is 80.6 Å². The second kappa shape index (κ2) is 34.4. The van der Waals surface area contributed by atoms with Gasteiger partial charge in [0.05, 0.1) is 74.0 Å². The lowest BCUT2D eigenvalue weighted by atomic mass is 9.82. The number of para-hydroxylation sites is 1. The number of hydrogen-bond donors (Lipinski definition) is 0. The minimum absolute atomic E-state index is 0.109. The number of fused-ring (bicyclic) bond motifs is 1. The number of nitriles is 1. The van der Waals surface area contributed by atoms with Crippen molar-refractivity contribution < 1.29 is 61.9 Å². The minimum Gasteiger partial charge on any atom is -0.494 e. The van der Waals surface area contributed by atoms with E-state index >= 15 is 0 Å². The first-order valence-corrected chi connectivity index (χ1v) is 29.9. The molecule has 0 N–H and O–H groups in total. The number of ether oxygens (including phenoxy) is 8. The van der Waals surface area contributed by atoms with E-state index in [4.69, 9.17) is 48.0 Å². The molecule has 83 heavy (non-hydrogen) atoms. The van der Waals surface area contributed by atoms with Gasteiger partial charge >= 0.3 is 23.9 Å². The van der Waals surface area contributed by atoms with Crippen molar-refractivity contribution in [3.63, 3.8) is 0 Å². The van der Waals surface area contributed by atoms with E-state index < -0.39 is 11.9 Å². The van der Waals surface area contributed by atoms with Crippen LogP contribution in [0.1, 0.15) is 128 Å². The fraction of sp³-hybridized carbons (Fsp3) is 0.446. The maximum atomic E-state index is 13.7. The van der Waals surface area contributed by atoms with Crippen LogP contribution in [0.4, 0.5) is 5.13 Å². The van der Waals surface area contributed by atoms with Gasteiger partial charge < -0.3 is 37.9 Å². The number of carbonyl (C=O) groups is 5. The van der Waals surface area contributed by atoms with Crippen molar-refractivity contribution in [2.24, 2.45) is 28.8 Å². The Bertz CT molecular complexity index is 2920. The Labute approximate surface area is 490 Å². The van der Waals surface area contributed by atoms with Gasteiger partial charge in [0.25, 0.3) is 0 Å². The molecule has 2 fully saturated rings. The second-order valence-electron chi connectivity index (χ2n) is 20.7. The number of thiazole rings is 1. The zero-order valence-electron chi connectivity index (χ0n) is 47.3. The van der Waals surface area contributed by atoms with Gasteiger partial charge in [-0.15, -0.1) is 0 Å². The molecule has 0 aliphatic heterocycles. The number of nitrogens with zero attached hydrogens (tertiary/aromatic N) is 4. The summed E-state index contributed by atoms with van der Waals surface area (Å²) >= 11 is 1.35. The normalized spacial score (nSPS) is 16.7. The first kappa shape index (κ1) is 62.6. The summed E-state index contributed by atoms with van der Waals surface area (Å²) in [5, 5.41) is 15.7. The maximum absolute atomic E-state index is 13.7. The van der Waals surface area contributed by atoms with Crippen molar-refractivity contribution in [3.8, 4) is 40.6 Å². The summed E-state index contributed by atoms with van der Waals surface area (Å²) in [7, 11) is 0. The van der Waals surface area contributed by atoms with E-state index in [9.17, 15) is 29.2 Å². The lowest BCUT2D eigenvalue weighted by molar-refractivity contribution is -0.141. The van der Waals surface area contributed by atoms with E-state index in [0.29, 0.717) is 117 Å². The number of rotatable bonds is 34. The minimum atomic E-state index is -0.406. The molecule has 0 saturated heterocycles. The molecule has 7 rings (SSSR count). The molecule has 0 bridgehead atoms. The number of hydrazone groups is 1. The average Bonchev–Trinajstić information content (AvgIpc) is 4.05. The standard InChI is InChI=1S/C65H76N4O13S/c1-3-61(71)77-41-15-7-5-13-39-75-52-28-32-54(33-29-52)81-63(73)49-24-20-47(21-25-49)45-79-56-36-37-58(51(43-56)44-67-69(60(70)19-11-12-38-66)65-68-57-17-9-10-18-59(57)83-65)80-46-48-22-26-50(27-23-48)64(74)82-55-34-30-53(31-35-55)76-40-14-6-8-16-42-78-62(72)4-2/h3-4,9-10,17-18,28-37,43-44,47-50H,1-2,5-8,11-16,19-27,39-42,45-46H2/b67-44+. The Morgan fingerprint density at radius 2 is 1.08 bits per heavy atom. The van der Waals surface area contributed by atoms with E-state index in [0.717, 1.165) is 99.4 Å². The van der Waals surface area contributed by atoms with Crippen molar-refractivity contribution in [1.29, 1.82) is 5.26 Å². The highest BCUT2D eigenvalue weighted by molar-refractivity contribution is 7.22. The van der Waals surface area contributed by atoms with Crippen molar-refractivity contribution in [2.45, 2.75) is 122 Å². The summed E-state index contributed by atoms with van der Waals surface area (Å²) in [5.74, 6) is 1.81. The molecule has 2 saturated carbocycles. The molecule has 440 valence electrons. The largest absolute Gasteiger partial charge is 0.494 e. The van der Waals surface area contributed by atoms with E-state index in [1.165, 1.54) is 16.3 Å². The third-order valence-corrected chi connectivity index (χ3v) is 15.5. The Morgan fingerprint density at radius 3 is 1.60 bits per heavy atom. The van der Waals surface area contributed by atoms with Crippen LogP contribution in [0.2, 0.25) is 0 Å². The molecule has 1 aromatic heterocycles. The summed E-state index contributed by atoms with van der Waals surface area (Å²) in [6.07, 6.45) is 17.5. The molecule has 17 nitrogen and oxygen atoms in total. The highest BCUT2D eigenvalue weighted by Crippen LogP contribution is 2.35. The molecule has 0 unspecified atom stereocenters. The van der Waals surface area contributed by atoms with Gasteiger partial charge in [-0.1, -0.05) is 36.6 Å². The summed E-state index contributed by atoms with van der Waals surface area (Å²) in [5.41, 5.74) is 1.34. The van der Waals surface area contributed by atoms with Gasteiger partial charge in [-0.2, -0.15) is 15.4 Å². The molecular formula is C65H76N4O13S. The Hall–Kier alpha value is -8.04. The number of carbonyl (C=O) groups excluding carboxylic acids is 5. The summed E-state index contributed by atoms with van der Waals surface area (Å²) in [6, 6.07) is 29.5. The zero-order chi connectivity index (χ0) is 58.4. The number of anilines is 1. The van der Waals surface area contributed by atoms with Gasteiger partial charge in [0.15, 0.2) is 0 Å². The monoisotopic (exact) mass is 1150 g/mol. The van der Waals surface area contributed by atoms with Gasteiger partial charge in [0.1, 0.15) is 34.5 Å². The predicted molar refractivity (Wildman–Crippen MR) is 317 cm³/mol. The molecule has 4 aromatic carbocycles. The first-order chi connectivity index (χ1) is 40.6. The summed E-state index contributed by atoms with van der Waals surface area (Å²) in [4.78, 5) is 67.3.